The molecule has 2 N–H and O–H groups in total. The smallest absolute Gasteiger partial charge is 0.160 e. The summed E-state index contributed by atoms with van der Waals surface area (Å²) in [4.78, 5) is 4.65. The van der Waals surface area contributed by atoms with Gasteiger partial charge >= 0.3 is 0 Å². The predicted molar refractivity (Wildman–Crippen MR) is 80.4 cm³/mol. The Morgan fingerprint density at radius 3 is 2.70 bits per heavy atom. The second-order valence-corrected chi connectivity index (χ2v) is 5.05. The molecule has 0 spiro atoms. The number of benzene rings is 1. The van der Waals surface area contributed by atoms with Crippen molar-refractivity contribution in [2.24, 2.45) is 19.8 Å². The molecule has 2 heterocycles. The van der Waals surface area contributed by atoms with Crippen LogP contribution in [0.25, 0.3) is 22.3 Å². The maximum absolute atomic E-state index is 5.59. The summed E-state index contributed by atoms with van der Waals surface area (Å²) in [6.45, 7) is 2.69. The van der Waals surface area contributed by atoms with Crippen molar-refractivity contribution in [3.8, 4) is 11.4 Å². The largest absolute Gasteiger partial charge is 0.347 e. The quantitative estimate of drug-likeness (QED) is 0.788. The molecule has 0 unspecified atom stereocenters. The van der Waals surface area contributed by atoms with Gasteiger partial charge in [0, 0.05) is 42.7 Å². The van der Waals surface area contributed by atoms with Crippen molar-refractivity contribution in [3.05, 3.63) is 35.8 Å². The second kappa shape index (κ2) is 4.76. The van der Waals surface area contributed by atoms with E-state index in [9.17, 15) is 0 Å². The summed E-state index contributed by atoms with van der Waals surface area (Å²) in [7, 11) is 4.02. The first kappa shape index (κ1) is 12.9. The Morgan fingerprint density at radius 2 is 1.95 bits per heavy atom. The number of para-hydroxylation sites is 1. The minimum absolute atomic E-state index is 0.567. The molecular formula is C15H19N5. The fraction of sp³-hybridized carbons (Fsp3) is 0.333. The number of aromatic nitrogens is 4. The maximum Gasteiger partial charge on any atom is 0.160 e. The molecule has 5 heteroatoms. The summed E-state index contributed by atoms with van der Waals surface area (Å²) in [5, 5.41) is 5.66. The topological polar surface area (TPSA) is 61.7 Å². The number of hydrogen-bond donors (Lipinski definition) is 1. The number of nitrogens with zero attached hydrogens (tertiary/aromatic N) is 4. The van der Waals surface area contributed by atoms with Crippen LogP contribution in [0.4, 0.5) is 0 Å². The lowest BCUT2D eigenvalue weighted by atomic mass is 10.1. The molecule has 0 bridgehead atoms. The van der Waals surface area contributed by atoms with Crippen LogP contribution in [0.1, 0.15) is 11.5 Å². The van der Waals surface area contributed by atoms with Crippen LogP contribution in [-0.4, -0.2) is 25.9 Å². The van der Waals surface area contributed by atoms with Crippen molar-refractivity contribution in [3.63, 3.8) is 0 Å². The van der Waals surface area contributed by atoms with Gasteiger partial charge < -0.3 is 10.3 Å². The zero-order valence-electron chi connectivity index (χ0n) is 12.1. The summed E-state index contributed by atoms with van der Waals surface area (Å²) in [5.41, 5.74) is 9.15. The van der Waals surface area contributed by atoms with Crippen LogP contribution < -0.4 is 5.73 Å². The van der Waals surface area contributed by atoms with Gasteiger partial charge in [-0.25, -0.2) is 9.67 Å². The van der Waals surface area contributed by atoms with Gasteiger partial charge in [-0.1, -0.05) is 18.2 Å². The fourth-order valence-corrected chi connectivity index (χ4v) is 2.69. The fourth-order valence-electron chi connectivity index (χ4n) is 2.69. The third-order valence-corrected chi connectivity index (χ3v) is 3.80. The molecule has 2 aromatic heterocycles. The van der Waals surface area contributed by atoms with Crippen molar-refractivity contribution >= 4 is 10.9 Å². The van der Waals surface area contributed by atoms with E-state index in [1.54, 1.807) is 0 Å². The molecule has 3 aromatic rings. The Balaban J connectivity index is 2.27. The molecule has 0 amide bonds. The van der Waals surface area contributed by atoms with Crippen molar-refractivity contribution in [2.45, 2.75) is 13.3 Å². The minimum Gasteiger partial charge on any atom is -0.347 e. The van der Waals surface area contributed by atoms with E-state index in [4.69, 9.17) is 5.73 Å². The van der Waals surface area contributed by atoms with Crippen LogP contribution in [0.3, 0.4) is 0 Å². The molecule has 0 fully saturated rings. The van der Waals surface area contributed by atoms with E-state index in [0.717, 1.165) is 17.2 Å². The van der Waals surface area contributed by atoms with Crippen LogP contribution in [0.5, 0.6) is 0 Å². The molecular weight excluding hydrogens is 250 g/mol. The monoisotopic (exact) mass is 269 g/mol. The number of aryl methyl sites for hydroxylation is 2. The molecule has 104 valence electrons. The SMILES string of the molecule is Cc1c(-c2nc(CCN)nn2C)c2ccccc2n1C. The van der Waals surface area contributed by atoms with Gasteiger partial charge in [0.2, 0.25) is 0 Å². The highest BCUT2D eigenvalue weighted by molar-refractivity contribution is 5.96. The number of nitrogens with two attached hydrogens (primary N) is 1. The lowest BCUT2D eigenvalue weighted by molar-refractivity contribution is 0.744. The third kappa shape index (κ3) is 1.82. The van der Waals surface area contributed by atoms with Gasteiger partial charge in [0.1, 0.15) is 0 Å². The van der Waals surface area contributed by atoms with Gasteiger partial charge in [0.15, 0.2) is 11.6 Å². The van der Waals surface area contributed by atoms with E-state index in [1.807, 2.05) is 11.7 Å². The van der Waals surface area contributed by atoms with Crippen molar-refractivity contribution in [2.75, 3.05) is 6.54 Å². The Hall–Kier alpha value is -2.14. The maximum atomic E-state index is 5.59. The molecule has 0 atom stereocenters. The van der Waals surface area contributed by atoms with Crippen LogP contribution in [-0.2, 0) is 20.5 Å². The van der Waals surface area contributed by atoms with Crippen molar-refractivity contribution in [1.29, 1.82) is 0 Å². The zero-order chi connectivity index (χ0) is 14.3. The summed E-state index contributed by atoms with van der Waals surface area (Å²) >= 11 is 0. The summed E-state index contributed by atoms with van der Waals surface area (Å²) < 4.78 is 4.04. The highest BCUT2D eigenvalue weighted by Gasteiger charge is 2.18. The van der Waals surface area contributed by atoms with Crippen LogP contribution in [0.2, 0.25) is 0 Å². The molecule has 1 aromatic carbocycles. The van der Waals surface area contributed by atoms with Gasteiger partial charge in [0.05, 0.1) is 0 Å². The van der Waals surface area contributed by atoms with Gasteiger partial charge in [0.25, 0.3) is 0 Å². The van der Waals surface area contributed by atoms with Crippen molar-refractivity contribution < 1.29 is 0 Å². The molecule has 0 aliphatic rings. The van der Waals surface area contributed by atoms with E-state index >= 15 is 0 Å². The Morgan fingerprint density at radius 1 is 1.20 bits per heavy atom. The van der Waals surface area contributed by atoms with Crippen molar-refractivity contribution in [1.82, 2.24) is 19.3 Å². The Bertz CT molecular complexity index is 766. The van der Waals surface area contributed by atoms with E-state index in [0.29, 0.717) is 13.0 Å². The lowest BCUT2D eigenvalue weighted by Gasteiger charge is -2.01. The molecule has 0 aliphatic heterocycles. The first-order chi connectivity index (χ1) is 9.63. The highest BCUT2D eigenvalue weighted by atomic mass is 15.3. The lowest BCUT2D eigenvalue weighted by Crippen LogP contribution is -2.04. The highest BCUT2D eigenvalue weighted by Crippen LogP contribution is 2.32. The number of fused-ring (bicyclic) bond motifs is 1. The third-order valence-electron chi connectivity index (χ3n) is 3.80. The van der Waals surface area contributed by atoms with Crippen LogP contribution in [0, 0.1) is 6.92 Å². The molecule has 5 nitrogen and oxygen atoms in total. The zero-order valence-corrected chi connectivity index (χ0v) is 12.1. The van der Waals surface area contributed by atoms with E-state index in [-0.39, 0.29) is 0 Å². The van der Waals surface area contributed by atoms with E-state index in [2.05, 4.69) is 52.9 Å². The second-order valence-electron chi connectivity index (χ2n) is 5.05. The summed E-state index contributed by atoms with van der Waals surface area (Å²) in [6.07, 6.45) is 0.706. The first-order valence-corrected chi connectivity index (χ1v) is 6.78. The van der Waals surface area contributed by atoms with E-state index in [1.165, 1.54) is 16.6 Å². The van der Waals surface area contributed by atoms with E-state index < -0.39 is 0 Å². The van der Waals surface area contributed by atoms with Gasteiger partial charge in [-0.2, -0.15) is 5.10 Å². The molecule has 0 aliphatic carbocycles. The normalized spacial score (nSPS) is 11.4. The average molecular weight is 269 g/mol. The van der Waals surface area contributed by atoms with Crippen LogP contribution in [0.15, 0.2) is 24.3 Å². The minimum atomic E-state index is 0.567. The van der Waals surface area contributed by atoms with Gasteiger partial charge in [-0.15, -0.1) is 0 Å². The molecule has 3 rings (SSSR count). The number of hydrogen-bond acceptors (Lipinski definition) is 3. The molecule has 0 radical (unpaired) electrons. The summed E-state index contributed by atoms with van der Waals surface area (Å²) in [5.74, 6) is 1.71. The van der Waals surface area contributed by atoms with Crippen LogP contribution >= 0.6 is 0 Å². The Labute approximate surface area is 118 Å². The van der Waals surface area contributed by atoms with Gasteiger partial charge in [-0.05, 0) is 19.5 Å². The number of rotatable bonds is 3. The summed E-state index contributed by atoms with van der Waals surface area (Å²) in [6, 6.07) is 8.38. The average Bonchev–Trinajstić information content (AvgIpc) is 2.91. The predicted octanol–water partition coefficient (Wildman–Crippen LogP) is 1.78. The molecule has 0 saturated heterocycles. The first-order valence-electron chi connectivity index (χ1n) is 6.78. The molecule has 20 heavy (non-hydrogen) atoms. The van der Waals surface area contributed by atoms with Gasteiger partial charge in [-0.3, -0.25) is 0 Å². The molecule has 0 saturated carbocycles. The standard InChI is InChI=1S/C15H19N5/c1-10-14(11-6-4-5-7-12(11)19(10)2)15-17-13(8-9-16)18-20(15)3/h4-7H,8-9,16H2,1-3H3. The Kier molecular flexibility index (Phi) is 3.06.